The maximum Gasteiger partial charge on any atom is 0.0459 e. The van der Waals surface area contributed by atoms with Crippen LogP contribution < -0.4 is 0 Å². The Bertz CT molecular complexity index is 219. The molecule has 0 aliphatic carbocycles. The van der Waals surface area contributed by atoms with Crippen LogP contribution in [-0.4, -0.2) is 11.7 Å². The zero-order chi connectivity index (χ0) is 15.6. The van der Waals surface area contributed by atoms with Gasteiger partial charge in [0.2, 0.25) is 0 Å². The third kappa shape index (κ3) is 14.4. The Morgan fingerprint density at radius 3 is 1.65 bits per heavy atom. The summed E-state index contributed by atoms with van der Waals surface area (Å²) >= 11 is 0. The Morgan fingerprint density at radius 1 is 0.650 bits per heavy atom. The predicted molar refractivity (Wildman–Crippen MR) is 91.0 cm³/mol. The fraction of sp³-hybridized carbons (Fsp3) is 1.00. The van der Waals surface area contributed by atoms with Crippen LogP contribution in [0.25, 0.3) is 0 Å². The van der Waals surface area contributed by atoms with Gasteiger partial charge in [-0.15, -0.1) is 0 Å². The number of unbranched alkanes of at least 4 members (excludes halogenated alkanes) is 4. The first kappa shape index (κ1) is 20.0. The first-order valence-corrected chi connectivity index (χ1v) is 8.75. The molecule has 0 aromatic rings. The molecule has 1 atom stereocenters. The van der Waals surface area contributed by atoms with E-state index in [1.807, 2.05) is 0 Å². The van der Waals surface area contributed by atoms with Crippen molar-refractivity contribution in [1.29, 1.82) is 0 Å². The molecule has 1 heteroatoms. The molecule has 0 saturated carbocycles. The van der Waals surface area contributed by atoms with Gasteiger partial charge in [0, 0.05) is 6.61 Å². The molecular formula is C19H40O. The number of rotatable bonds is 10. The third-order valence-corrected chi connectivity index (χ3v) is 4.10. The molecule has 0 aromatic carbocycles. The lowest BCUT2D eigenvalue weighted by Crippen LogP contribution is -2.12. The van der Waals surface area contributed by atoms with Crippen molar-refractivity contribution < 1.29 is 5.11 Å². The Balaban J connectivity index is 3.52. The molecule has 0 spiro atoms. The van der Waals surface area contributed by atoms with Gasteiger partial charge in [-0.25, -0.2) is 0 Å². The molecule has 0 rings (SSSR count). The van der Waals surface area contributed by atoms with Crippen LogP contribution in [0, 0.1) is 16.7 Å². The van der Waals surface area contributed by atoms with Crippen LogP contribution in [0.5, 0.6) is 0 Å². The van der Waals surface area contributed by atoms with Gasteiger partial charge in [0.1, 0.15) is 0 Å². The molecule has 0 aliphatic heterocycles. The van der Waals surface area contributed by atoms with Gasteiger partial charge in [-0.1, -0.05) is 73.6 Å². The highest BCUT2D eigenvalue weighted by molar-refractivity contribution is 4.66. The molecule has 0 unspecified atom stereocenters. The van der Waals surface area contributed by atoms with Gasteiger partial charge in [0.15, 0.2) is 0 Å². The monoisotopic (exact) mass is 284 g/mol. The van der Waals surface area contributed by atoms with E-state index in [2.05, 4.69) is 41.5 Å². The minimum atomic E-state index is 0.375. The van der Waals surface area contributed by atoms with Crippen LogP contribution in [-0.2, 0) is 0 Å². The SMILES string of the molecule is CC(C)(C)CCCCCCC[C@H](CO)CCC(C)(C)C. The molecule has 0 aromatic heterocycles. The summed E-state index contributed by atoms with van der Waals surface area (Å²) in [5.74, 6) is 0.531. The summed E-state index contributed by atoms with van der Waals surface area (Å²) in [6.07, 6.45) is 11.7. The first-order chi connectivity index (χ1) is 9.14. The fourth-order valence-corrected chi connectivity index (χ4v) is 2.58. The molecule has 0 saturated heterocycles. The first-order valence-electron chi connectivity index (χ1n) is 8.75. The average molecular weight is 285 g/mol. The summed E-state index contributed by atoms with van der Waals surface area (Å²) in [6.45, 7) is 14.2. The second kappa shape index (κ2) is 9.82. The van der Waals surface area contributed by atoms with Crippen molar-refractivity contribution in [2.24, 2.45) is 16.7 Å². The molecule has 0 amide bonds. The number of aliphatic hydroxyl groups is 1. The average Bonchev–Trinajstić information content (AvgIpc) is 2.29. The second-order valence-electron chi connectivity index (χ2n) is 9.02. The lowest BCUT2D eigenvalue weighted by atomic mass is 9.85. The topological polar surface area (TPSA) is 20.2 Å². The van der Waals surface area contributed by atoms with Crippen molar-refractivity contribution in [3.63, 3.8) is 0 Å². The molecule has 0 fully saturated rings. The van der Waals surface area contributed by atoms with E-state index in [0.29, 0.717) is 23.4 Å². The summed E-state index contributed by atoms with van der Waals surface area (Å²) in [6, 6.07) is 0. The molecule has 0 aliphatic rings. The fourth-order valence-electron chi connectivity index (χ4n) is 2.58. The third-order valence-electron chi connectivity index (χ3n) is 4.10. The molecule has 1 nitrogen and oxygen atoms in total. The molecule has 0 radical (unpaired) electrons. The van der Waals surface area contributed by atoms with Crippen molar-refractivity contribution in [3.05, 3.63) is 0 Å². The van der Waals surface area contributed by atoms with Gasteiger partial charge in [0.25, 0.3) is 0 Å². The molecule has 1 N–H and O–H groups in total. The summed E-state index contributed by atoms with van der Waals surface area (Å²) in [5.41, 5.74) is 0.898. The van der Waals surface area contributed by atoms with Crippen LogP contribution in [0.3, 0.4) is 0 Å². The van der Waals surface area contributed by atoms with Gasteiger partial charge in [-0.2, -0.15) is 0 Å². The summed E-state index contributed by atoms with van der Waals surface area (Å²) in [4.78, 5) is 0. The molecule has 0 bridgehead atoms. The second-order valence-corrected chi connectivity index (χ2v) is 9.02. The maximum absolute atomic E-state index is 9.45. The van der Waals surface area contributed by atoms with E-state index in [1.165, 1.54) is 57.8 Å². The van der Waals surface area contributed by atoms with Gasteiger partial charge >= 0.3 is 0 Å². The van der Waals surface area contributed by atoms with Crippen molar-refractivity contribution in [1.82, 2.24) is 0 Å². The van der Waals surface area contributed by atoms with E-state index in [4.69, 9.17) is 0 Å². The van der Waals surface area contributed by atoms with Gasteiger partial charge in [0.05, 0.1) is 0 Å². The van der Waals surface area contributed by atoms with E-state index in [0.717, 1.165) is 0 Å². The summed E-state index contributed by atoms with van der Waals surface area (Å²) < 4.78 is 0. The normalized spacial score (nSPS) is 14.6. The quantitative estimate of drug-likeness (QED) is 0.474. The van der Waals surface area contributed by atoms with Crippen LogP contribution in [0.15, 0.2) is 0 Å². The van der Waals surface area contributed by atoms with Crippen LogP contribution in [0.2, 0.25) is 0 Å². The van der Waals surface area contributed by atoms with E-state index >= 15 is 0 Å². The van der Waals surface area contributed by atoms with Gasteiger partial charge < -0.3 is 5.11 Å². The van der Waals surface area contributed by atoms with Crippen molar-refractivity contribution in [3.8, 4) is 0 Å². The Hall–Kier alpha value is -0.0400. The molecule has 122 valence electrons. The predicted octanol–water partition coefficient (Wildman–Crippen LogP) is 6.20. The van der Waals surface area contributed by atoms with Crippen LogP contribution in [0.4, 0.5) is 0 Å². The van der Waals surface area contributed by atoms with E-state index in [9.17, 15) is 5.11 Å². The Labute approximate surface area is 128 Å². The largest absolute Gasteiger partial charge is 0.396 e. The summed E-state index contributed by atoms with van der Waals surface area (Å²) in [7, 11) is 0. The van der Waals surface area contributed by atoms with Gasteiger partial charge in [-0.3, -0.25) is 0 Å². The van der Waals surface area contributed by atoms with Gasteiger partial charge in [-0.05, 0) is 42.4 Å². The number of hydrogen-bond donors (Lipinski definition) is 1. The highest BCUT2D eigenvalue weighted by atomic mass is 16.3. The standard InChI is InChI=1S/C19H40O/c1-18(2,3)14-11-9-7-8-10-12-17(16-20)13-15-19(4,5)6/h17,20H,7-16H2,1-6H3/t17-/m0/s1. The zero-order valence-corrected chi connectivity index (χ0v) is 15.1. The van der Waals surface area contributed by atoms with Crippen molar-refractivity contribution in [2.45, 2.75) is 99.3 Å². The number of aliphatic hydroxyl groups excluding tert-OH is 1. The number of hydrogen-bond acceptors (Lipinski definition) is 1. The van der Waals surface area contributed by atoms with Crippen LogP contribution in [0.1, 0.15) is 99.3 Å². The highest BCUT2D eigenvalue weighted by Crippen LogP contribution is 2.26. The molecule has 20 heavy (non-hydrogen) atoms. The minimum absolute atomic E-state index is 0.375. The highest BCUT2D eigenvalue weighted by Gasteiger charge is 2.14. The minimum Gasteiger partial charge on any atom is -0.396 e. The lowest BCUT2D eigenvalue weighted by Gasteiger charge is -2.22. The Kier molecular flexibility index (Phi) is 9.80. The smallest absolute Gasteiger partial charge is 0.0459 e. The van der Waals surface area contributed by atoms with E-state index < -0.39 is 0 Å². The zero-order valence-electron chi connectivity index (χ0n) is 15.1. The van der Waals surface area contributed by atoms with Crippen molar-refractivity contribution in [2.75, 3.05) is 6.61 Å². The van der Waals surface area contributed by atoms with Crippen LogP contribution >= 0.6 is 0 Å². The maximum atomic E-state index is 9.45. The van der Waals surface area contributed by atoms with Crippen molar-refractivity contribution >= 4 is 0 Å². The molecular weight excluding hydrogens is 244 g/mol. The van der Waals surface area contributed by atoms with E-state index in [1.54, 1.807) is 0 Å². The summed E-state index contributed by atoms with van der Waals surface area (Å²) in [5, 5.41) is 9.45. The van der Waals surface area contributed by atoms with E-state index in [-0.39, 0.29) is 0 Å². The lowest BCUT2D eigenvalue weighted by molar-refractivity contribution is 0.190. The molecule has 0 heterocycles. The Morgan fingerprint density at radius 2 is 1.15 bits per heavy atom.